The average molecular weight is 254 g/mol. The van der Waals surface area contributed by atoms with Crippen molar-refractivity contribution in [3.8, 4) is 0 Å². The normalized spacial score (nSPS) is 10.7. The van der Waals surface area contributed by atoms with Gasteiger partial charge in [0.05, 0.1) is 5.69 Å². The number of fused-ring (bicyclic) bond motifs is 1. The molecule has 0 atom stereocenters. The summed E-state index contributed by atoms with van der Waals surface area (Å²) in [7, 11) is 0. The van der Waals surface area contributed by atoms with Crippen molar-refractivity contribution in [2.24, 2.45) is 0 Å². The molecule has 0 spiro atoms. The predicted molar refractivity (Wildman–Crippen MR) is 79.0 cm³/mol. The third-order valence-electron chi connectivity index (χ3n) is 2.96. The Morgan fingerprint density at radius 1 is 1.00 bits per heavy atom. The second-order valence-corrected chi connectivity index (χ2v) is 5.06. The number of aromatic amines is 1. The van der Waals surface area contributed by atoms with Crippen LogP contribution in [0.25, 0.3) is 10.9 Å². The Bertz CT molecular complexity index is 673. The summed E-state index contributed by atoms with van der Waals surface area (Å²) in [6.07, 6.45) is 1.97. The lowest BCUT2D eigenvalue weighted by Gasteiger charge is -2.08. The van der Waals surface area contributed by atoms with Crippen LogP contribution in [0, 0.1) is 6.92 Å². The van der Waals surface area contributed by atoms with Crippen molar-refractivity contribution in [3.63, 3.8) is 0 Å². The number of H-pyrrole nitrogens is 1. The van der Waals surface area contributed by atoms with Crippen molar-refractivity contribution < 1.29 is 0 Å². The number of anilines is 1. The Labute approximate surface area is 111 Å². The van der Waals surface area contributed by atoms with Crippen LogP contribution in [0.5, 0.6) is 0 Å². The summed E-state index contributed by atoms with van der Waals surface area (Å²) in [6, 6.07) is 16.7. The van der Waals surface area contributed by atoms with Gasteiger partial charge in [0.15, 0.2) is 0 Å². The van der Waals surface area contributed by atoms with Gasteiger partial charge in [-0.2, -0.15) is 0 Å². The first-order chi connectivity index (χ1) is 8.84. The molecule has 0 fully saturated rings. The summed E-state index contributed by atoms with van der Waals surface area (Å²) in [5.74, 6) is 0. The summed E-state index contributed by atoms with van der Waals surface area (Å²) in [4.78, 5) is 4.47. The van der Waals surface area contributed by atoms with Gasteiger partial charge in [-0.1, -0.05) is 24.3 Å². The van der Waals surface area contributed by atoms with Crippen molar-refractivity contribution in [3.05, 3.63) is 60.3 Å². The predicted octanol–water partition coefficient (Wildman–Crippen LogP) is 4.60. The number of benzene rings is 2. The van der Waals surface area contributed by atoms with Crippen molar-refractivity contribution in [1.29, 1.82) is 0 Å². The van der Waals surface area contributed by atoms with E-state index in [0.717, 1.165) is 11.2 Å². The van der Waals surface area contributed by atoms with Crippen molar-refractivity contribution >= 4 is 28.5 Å². The molecular formula is C15H14N2S. The zero-order valence-electron chi connectivity index (χ0n) is 10.1. The van der Waals surface area contributed by atoms with Crippen LogP contribution in [0.4, 0.5) is 5.69 Å². The van der Waals surface area contributed by atoms with Crippen LogP contribution in [-0.2, 0) is 0 Å². The molecule has 0 aliphatic carbocycles. The largest absolute Gasteiger partial charge is 0.361 e. The third-order valence-corrected chi connectivity index (χ3v) is 3.96. The highest BCUT2D eigenvalue weighted by atomic mass is 32.2. The molecule has 18 heavy (non-hydrogen) atoms. The molecule has 1 aromatic heterocycles. The molecule has 0 aliphatic heterocycles. The van der Waals surface area contributed by atoms with E-state index in [0.29, 0.717) is 0 Å². The van der Waals surface area contributed by atoms with Gasteiger partial charge in [0, 0.05) is 22.0 Å². The van der Waals surface area contributed by atoms with E-state index in [1.54, 1.807) is 11.9 Å². The fourth-order valence-electron chi connectivity index (χ4n) is 1.96. The second-order valence-electron chi connectivity index (χ2n) is 4.21. The molecule has 2 N–H and O–H groups in total. The van der Waals surface area contributed by atoms with Crippen LogP contribution in [0.1, 0.15) is 5.56 Å². The van der Waals surface area contributed by atoms with Gasteiger partial charge in [0.2, 0.25) is 0 Å². The molecule has 3 aromatic rings. The van der Waals surface area contributed by atoms with Crippen molar-refractivity contribution in [2.75, 3.05) is 4.72 Å². The number of hydrogen-bond acceptors (Lipinski definition) is 2. The van der Waals surface area contributed by atoms with E-state index >= 15 is 0 Å². The molecule has 0 bridgehead atoms. The third kappa shape index (κ3) is 2.09. The molecule has 3 rings (SSSR count). The molecule has 90 valence electrons. The first kappa shape index (κ1) is 11.2. The van der Waals surface area contributed by atoms with Gasteiger partial charge in [-0.3, -0.25) is 0 Å². The summed E-state index contributed by atoms with van der Waals surface area (Å²) in [5.41, 5.74) is 3.59. The minimum absolute atomic E-state index is 1.14. The van der Waals surface area contributed by atoms with E-state index in [-0.39, 0.29) is 0 Å². The Kier molecular flexibility index (Phi) is 2.99. The Morgan fingerprint density at radius 3 is 2.78 bits per heavy atom. The quantitative estimate of drug-likeness (QED) is 0.669. The van der Waals surface area contributed by atoms with Gasteiger partial charge in [0.25, 0.3) is 0 Å². The summed E-state index contributed by atoms with van der Waals surface area (Å²) in [5, 5.41) is 1.22. The zero-order chi connectivity index (χ0) is 12.4. The molecule has 2 aromatic carbocycles. The maximum absolute atomic E-state index is 3.43. The molecule has 2 nitrogen and oxygen atoms in total. The topological polar surface area (TPSA) is 27.8 Å². The van der Waals surface area contributed by atoms with Gasteiger partial charge in [-0.25, -0.2) is 0 Å². The number of nitrogens with one attached hydrogen (secondary N) is 2. The standard InChI is InChI=1S/C15H14N2S/c1-11-5-2-3-8-15(11)18-17-14-7-4-6-13-12(14)9-10-16-13/h2-10,16-17H,1H3. The Balaban J connectivity index is 1.85. The van der Waals surface area contributed by atoms with Gasteiger partial charge in [-0.05, 0) is 48.7 Å². The molecule has 0 aliphatic rings. The smallest absolute Gasteiger partial charge is 0.0537 e. The number of aryl methyl sites for hydroxylation is 1. The maximum atomic E-state index is 3.43. The lowest BCUT2D eigenvalue weighted by molar-refractivity contribution is 1.31. The average Bonchev–Trinajstić information content (AvgIpc) is 2.86. The first-order valence-corrected chi connectivity index (χ1v) is 6.71. The summed E-state index contributed by atoms with van der Waals surface area (Å²) in [6.45, 7) is 2.13. The van der Waals surface area contributed by atoms with E-state index in [2.05, 4.69) is 65.2 Å². The van der Waals surface area contributed by atoms with Crippen LogP contribution in [0.3, 0.4) is 0 Å². The molecule has 0 radical (unpaired) electrons. The van der Waals surface area contributed by atoms with Crippen LogP contribution in [0.2, 0.25) is 0 Å². The summed E-state index contributed by atoms with van der Waals surface area (Å²) >= 11 is 1.65. The number of hydrogen-bond donors (Lipinski definition) is 2. The lowest BCUT2D eigenvalue weighted by atomic mass is 10.2. The molecule has 1 heterocycles. The molecule has 0 unspecified atom stereocenters. The Hall–Kier alpha value is -1.87. The molecule has 3 heteroatoms. The van der Waals surface area contributed by atoms with Crippen LogP contribution < -0.4 is 4.72 Å². The van der Waals surface area contributed by atoms with Gasteiger partial charge < -0.3 is 9.71 Å². The van der Waals surface area contributed by atoms with E-state index in [4.69, 9.17) is 0 Å². The molecular weight excluding hydrogens is 240 g/mol. The van der Waals surface area contributed by atoms with Gasteiger partial charge in [0.1, 0.15) is 0 Å². The number of aromatic nitrogens is 1. The van der Waals surface area contributed by atoms with E-state index in [1.807, 2.05) is 6.20 Å². The molecule has 0 saturated carbocycles. The molecule has 0 amide bonds. The minimum atomic E-state index is 1.14. The fourth-order valence-corrected chi connectivity index (χ4v) is 2.73. The van der Waals surface area contributed by atoms with E-state index in [9.17, 15) is 0 Å². The highest BCUT2D eigenvalue weighted by Crippen LogP contribution is 2.28. The van der Waals surface area contributed by atoms with E-state index in [1.165, 1.54) is 15.8 Å². The number of rotatable bonds is 3. The first-order valence-electron chi connectivity index (χ1n) is 5.89. The zero-order valence-corrected chi connectivity index (χ0v) is 10.9. The minimum Gasteiger partial charge on any atom is -0.361 e. The lowest BCUT2D eigenvalue weighted by Crippen LogP contribution is -1.88. The SMILES string of the molecule is Cc1ccccc1SNc1cccc2[nH]ccc12. The highest BCUT2D eigenvalue weighted by Gasteiger charge is 2.02. The fraction of sp³-hybridized carbons (Fsp3) is 0.0667. The van der Waals surface area contributed by atoms with Gasteiger partial charge in [-0.15, -0.1) is 0 Å². The van der Waals surface area contributed by atoms with Crippen molar-refractivity contribution in [2.45, 2.75) is 11.8 Å². The van der Waals surface area contributed by atoms with Crippen molar-refractivity contribution in [1.82, 2.24) is 4.98 Å². The maximum Gasteiger partial charge on any atom is 0.0537 e. The Morgan fingerprint density at radius 2 is 1.89 bits per heavy atom. The molecule has 0 saturated heterocycles. The highest BCUT2D eigenvalue weighted by molar-refractivity contribution is 8.00. The van der Waals surface area contributed by atoms with Gasteiger partial charge >= 0.3 is 0 Å². The van der Waals surface area contributed by atoms with E-state index < -0.39 is 0 Å². The van der Waals surface area contributed by atoms with Crippen LogP contribution in [0.15, 0.2) is 59.6 Å². The van der Waals surface area contributed by atoms with Crippen LogP contribution >= 0.6 is 11.9 Å². The summed E-state index contributed by atoms with van der Waals surface area (Å²) < 4.78 is 3.43. The monoisotopic (exact) mass is 254 g/mol. The van der Waals surface area contributed by atoms with Crippen LogP contribution in [-0.4, -0.2) is 4.98 Å². The second kappa shape index (κ2) is 4.78.